The van der Waals surface area contributed by atoms with E-state index in [0.29, 0.717) is 0 Å². The van der Waals surface area contributed by atoms with Gasteiger partial charge in [-0.3, -0.25) is 4.79 Å². The van der Waals surface area contributed by atoms with Gasteiger partial charge in [-0.2, -0.15) is 0 Å². The smallest absolute Gasteiger partial charge is 0.260 e. The number of fused-ring (bicyclic) bond motifs is 2. The lowest BCUT2D eigenvalue weighted by atomic mass is 10.1. The van der Waals surface area contributed by atoms with Crippen LogP contribution in [0.15, 0.2) is 17.6 Å². The van der Waals surface area contributed by atoms with E-state index in [-0.39, 0.29) is 29.6 Å². The molecule has 122 valence electrons. The van der Waals surface area contributed by atoms with Crippen LogP contribution in [0.4, 0.5) is 0 Å². The van der Waals surface area contributed by atoms with Crippen LogP contribution in [-0.4, -0.2) is 60.5 Å². The molecule has 1 aromatic heterocycles. The third-order valence-electron chi connectivity index (χ3n) is 4.31. The number of hydrogen-bond donors (Lipinski definition) is 2. The van der Waals surface area contributed by atoms with E-state index >= 15 is 0 Å². The fourth-order valence-electron chi connectivity index (χ4n) is 3.24. The minimum absolute atomic E-state index is 0.0664. The van der Waals surface area contributed by atoms with Crippen LogP contribution in [0, 0.1) is 0 Å². The quantitative estimate of drug-likeness (QED) is 0.743. The molecule has 2 atom stereocenters. The molecular formula is C13H21N5O3S. The standard InChI is InChI=1S/C13H21N5O3S/c1-17-8-12(15-9-17)22(20,21)16-7-13(19)18-10-2-3-11(18)6-14-5-4-10/h8-11,14,16H,2-7H2,1H3. The monoisotopic (exact) mass is 327 g/mol. The minimum atomic E-state index is -3.74. The Hall–Kier alpha value is -1.45. The van der Waals surface area contributed by atoms with Gasteiger partial charge in [0.2, 0.25) is 5.91 Å². The first-order valence-electron chi connectivity index (χ1n) is 7.47. The molecule has 0 aromatic carbocycles. The van der Waals surface area contributed by atoms with E-state index in [2.05, 4.69) is 15.0 Å². The lowest BCUT2D eigenvalue weighted by molar-refractivity contribution is -0.132. The Balaban J connectivity index is 1.65. The second-order valence-electron chi connectivity index (χ2n) is 5.88. The SMILES string of the molecule is Cn1cnc(S(=O)(=O)NCC(=O)N2C3CCNCC2CC3)c1. The first-order chi connectivity index (χ1) is 10.5. The maximum atomic E-state index is 12.4. The first kappa shape index (κ1) is 15.4. The molecule has 3 heterocycles. The molecule has 1 aromatic rings. The molecule has 0 aliphatic carbocycles. The molecule has 8 nitrogen and oxygen atoms in total. The molecule has 0 spiro atoms. The number of nitrogens with zero attached hydrogens (tertiary/aromatic N) is 3. The molecule has 2 fully saturated rings. The maximum Gasteiger partial charge on any atom is 0.260 e. The highest BCUT2D eigenvalue weighted by atomic mass is 32.2. The summed E-state index contributed by atoms with van der Waals surface area (Å²) in [5.74, 6) is -0.157. The summed E-state index contributed by atoms with van der Waals surface area (Å²) in [6.45, 7) is 1.48. The van der Waals surface area contributed by atoms with Gasteiger partial charge in [0.1, 0.15) is 0 Å². The average Bonchev–Trinajstić information content (AvgIpc) is 2.99. The van der Waals surface area contributed by atoms with Crippen LogP contribution in [0.5, 0.6) is 0 Å². The highest BCUT2D eigenvalue weighted by molar-refractivity contribution is 7.89. The number of amides is 1. The minimum Gasteiger partial charge on any atom is -0.339 e. The van der Waals surface area contributed by atoms with Crippen molar-refractivity contribution in [1.29, 1.82) is 0 Å². The van der Waals surface area contributed by atoms with Crippen molar-refractivity contribution in [3.8, 4) is 0 Å². The Kier molecular flexibility index (Phi) is 4.20. The van der Waals surface area contributed by atoms with Gasteiger partial charge in [0.15, 0.2) is 5.03 Å². The van der Waals surface area contributed by atoms with Crippen LogP contribution in [0.25, 0.3) is 0 Å². The highest BCUT2D eigenvalue weighted by Gasteiger charge is 2.38. The van der Waals surface area contributed by atoms with E-state index in [1.54, 1.807) is 11.6 Å². The van der Waals surface area contributed by atoms with Gasteiger partial charge < -0.3 is 14.8 Å². The molecule has 2 aliphatic rings. The van der Waals surface area contributed by atoms with Crippen LogP contribution < -0.4 is 10.0 Å². The van der Waals surface area contributed by atoms with Crippen LogP contribution in [-0.2, 0) is 21.9 Å². The summed E-state index contributed by atoms with van der Waals surface area (Å²) < 4.78 is 28.1. The largest absolute Gasteiger partial charge is 0.339 e. The summed E-state index contributed by atoms with van der Waals surface area (Å²) in [5.41, 5.74) is 0. The van der Waals surface area contributed by atoms with Crippen LogP contribution >= 0.6 is 0 Å². The fraction of sp³-hybridized carbons (Fsp3) is 0.692. The van der Waals surface area contributed by atoms with Crippen molar-refractivity contribution in [1.82, 2.24) is 24.5 Å². The Bertz CT molecular complexity index is 642. The molecule has 2 aliphatic heterocycles. The van der Waals surface area contributed by atoms with Crippen molar-refractivity contribution >= 4 is 15.9 Å². The van der Waals surface area contributed by atoms with Crippen molar-refractivity contribution < 1.29 is 13.2 Å². The Morgan fingerprint density at radius 3 is 2.91 bits per heavy atom. The van der Waals surface area contributed by atoms with Crippen molar-refractivity contribution in [2.75, 3.05) is 19.6 Å². The second-order valence-corrected chi connectivity index (χ2v) is 7.59. The van der Waals surface area contributed by atoms with E-state index in [9.17, 15) is 13.2 Å². The van der Waals surface area contributed by atoms with Crippen molar-refractivity contribution in [2.45, 2.75) is 36.4 Å². The van der Waals surface area contributed by atoms with E-state index in [1.807, 2.05) is 4.90 Å². The number of hydrogen-bond acceptors (Lipinski definition) is 5. The first-order valence-corrected chi connectivity index (χ1v) is 8.95. The fourth-order valence-corrected chi connectivity index (χ4v) is 4.19. The predicted octanol–water partition coefficient (Wildman–Crippen LogP) is -0.949. The number of aromatic nitrogens is 2. The Labute approximate surface area is 129 Å². The van der Waals surface area contributed by atoms with Gasteiger partial charge in [0.25, 0.3) is 10.0 Å². The zero-order valence-corrected chi connectivity index (χ0v) is 13.3. The van der Waals surface area contributed by atoms with Crippen LogP contribution in [0.3, 0.4) is 0 Å². The molecule has 2 unspecified atom stereocenters. The maximum absolute atomic E-state index is 12.4. The number of sulfonamides is 1. The highest BCUT2D eigenvalue weighted by Crippen LogP contribution is 2.27. The number of aryl methyl sites for hydroxylation is 1. The van der Waals surface area contributed by atoms with Crippen LogP contribution in [0.2, 0.25) is 0 Å². The number of imidazole rings is 1. The molecule has 1 amide bonds. The van der Waals surface area contributed by atoms with E-state index in [1.165, 1.54) is 12.5 Å². The Morgan fingerprint density at radius 2 is 2.18 bits per heavy atom. The van der Waals surface area contributed by atoms with Gasteiger partial charge >= 0.3 is 0 Å². The Morgan fingerprint density at radius 1 is 1.41 bits per heavy atom. The summed E-state index contributed by atoms with van der Waals surface area (Å²) in [6.07, 6.45) is 5.74. The van der Waals surface area contributed by atoms with E-state index in [0.717, 1.165) is 32.4 Å². The molecule has 2 saturated heterocycles. The van der Waals surface area contributed by atoms with Gasteiger partial charge in [0.05, 0.1) is 12.9 Å². The summed E-state index contributed by atoms with van der Waals surface area (Å²) in [5, 5.41) is 3.25. The zero-order valence-electron chi connectivity index (χ0n) is 12.5. The number of carbonyl (C=O) groups is 1. The number of rotatable bonds is 4. The second kappa shape index (κ2) is 5.98. The molecule has 3 rings (SSSR count). The topological polar surface area (TPSA) is 96.3 Å². The molecule has 2 bridgehead atoms. The van der Waals surface area contributed by atoms with Crippen LogP contribution in [0.1, 0.15) is 19.3 Å². The molecule has 0 saturated carbocycles. The summed E-state index contributed by atoms with van der Waals surface area (Å²) in [4.78, 5) is 18.1. The van der Waals surface area contributed by atoms with Crippen molar-refractivity contribution in [3.63, 3.8) is 0 Å². The third-order valence-corrected chi connectivity index (χ3v) is 5.60. The molecule has 9 heteroatoms. The van der Waals surface area contributed by atoms with Crippen molar-refractivity contribution in [2.24, 2.45) is 7.05 Å². The third kappa shape index (κ3) is 3.01. The molecule has 22 heavy (non-hydrogen) atoms. The van der Waals surface area contributed by atoms with Gasteiger partial charge in [-0.25, -0.2) is 18.1 Å². The summed E-state index contributed by atoms with van der Waals surface area (Å²) >= 11 is 0. The van der Waals surface area contributed by atoms with Gasteiger partial charge in [-0.15, -0.1) is 0 Å². The molecule has 2 N–H and O–H groups in total. The van der Waals surface area contributed by atoms with Gasteiger partial charge in [-0.05, 0) is 25.8 Å². The van der Waals surface area contributed by atoms with E-state index in [4.69, 9.17) is 0 Å². The number of carbonyl (C=O) groups excluding carboxylic acids is 1. The summed E-state index contributed by atoms with van der Waals surface area (Å²) in [7, 11) is -2.05. The molecule has 0 radical (unpaired) electrons. The van der Waals surface area contributed by atoms with Gasteiger partial charge in [-0.1, -0.05) is 0 Å². The van der Waals surface area contributed by atoms with Crippen molar-refractivity contribution in [3.05, 3.63) is 12.5 Å². The number of nitrogens with one attached hydrogen (secondary N) is 2. The normalized spacial score (nSPS) is 25.2. The lowest BCUT2D eigenvalue weighted by Crippen LogP contribution is -2.47. The van der Waals surface area contributed by atoms with E-state index < -0.39 is 10.0 Å². The molecular weight excluding hydrogens is 306 g/mol. The lowest BCUT2D eigenvalue weighted by Gasteiger charge is -2.27. The summed E-state index contributed by atoms with van der Waals surface area (Å²) in [6, 6.07) is 0.409. The average molecular weight is 327 g/mol. The zero-order chi connectivity index (χ0) is 15.7. The van der Waals surface area contributed by atoms with Gasteiger partial charge in [0, 0.05) is 31.9 Å². The predicted molar refractivity (Wildman–Crippen MR) is 79.5 cm³/mol.